The monoisotopic (exact) mass is 777 g/mol. The predicted molar refractivity (Wildman–Crippen MR) is 212 cm³/mol. The normalized spacial score (nSPS) is 15.2. The van der Waals surface area contributed by atoms with E-state index in [1.807, 2.05) is 52.7 Å². The van der Waals surface area contributed by atoms with Crippen LogP contribution in [0.3, 0.4) is 0 Å². The number of β-amino-alcohol motifs (C(OH)–C–C–N with tert-alkyl or cyclic N) is 1. The molecular weight excluding hydrogens is 697 g/mol. The topological polar surface area (TPSA) is 163 Å². The van der Waals surface area contributed by atoms with Gasteiger partial charge in [0.2, 0.25) is 0 Å². The van der Waals surface area contributed by atoms with E-state index in [1.54, 1.807) is 0 Å². The van der Waals surface area contributed by atoms with Crippen molar-refractivity contribution in [3.05, 3.63) is 29.8 Å². The quantitative estimate of drug-likeness (QED) is 0.102. The van der Waals surface area contributed by atoms with Crippen LogP contribution in [0.15, 0.2) is 24.3 Å². The van der Waals surface area contributed by atoms with E-state index in [0.717, 1.165) is 89.0 Å². The molecule has 1 aromatic carbocycles. The zero-order valence-electron chi connectivity index (χ0n) is 30.7. The smallest absolute Gasteiger partial charge is 0.319 e. The molecule has 2 aliphatic rings. The van der Waals surface area contributed by atoms with E-state index in [9.17, 15) is 10.0 Å². The molecule has 301 valence electrons. The van der Waals surface area contributed by atoms with Crippen LogP contribution in [0, 0.1) is 17.8 Å². The van der Waals surface area contributed by atoms with Crippen molar-refractivity contribution < 1.29 is 50.1 Å². The summed E-state index contributed by atoms with van der Waals surface area (Å²) in [4.78, 5) is 24.3. The Bertz CT molecular complexity index is 871. The van der Waals surface area contributed by atoms with Crippen LogP contribution in [0.4, 0.5) is 5.69 Å². The molecule has 2 saturated heterocycles. The van der Waals surface area contributed by atoms with Crippen LogP contribution in [-0.2, 0) is 39.3 Å². The zero-order valence-corrected chi connectivity index (χ0v) is 33.0. The summed E-state index contributed by atoms with van der Waals surface area (Å²) in [6.45, 7) is 19.9. The van der Waals surface area contributed by atoms with E-state index in [1.165, 1.54) is 29.9 Å². The van der Waals surface area contributed by atoms with Crippen LogP contribution < -0.4 is 11.1 Å². The molecule has 3 rings (SSSR count). The SMILES string of the molecule is C.C.C=O.CC.CCC(CCNCC(=O)OCC(C)C)C1CCN(CCO)CC1.CN(CCc1ccccc1N)C1CCN(O)CC1.Cl.O.[HH].[V]. The maximum atomic E-state index is 11.6. The van der Waals surface area contributed by atoms with Crippen molar-refractivity contribution >= 4 is 30.9 Å². The number of aliphatic hydroxyl groups excluding tert-OH is 1. The molecule has 0 saturated carbocycles. The maximum Gasteiger partial charge on any atom is 0.319 e. The molecule has 7 N–H and O–H groups in total. The number of anilines is 1. The van der Waals surface area contributed by atoms with E-state index in [4.69, 9.17) is 20.4 Å². The third kappa shape index (κ3) is 27.4. The molecule has 2 aliphatic heterocycles. The molecule has 2 fully saturated rings. The number of hydrogen-bond acceptors (Lipinski definition) is 10. The van der Waals surface area contributed by atoms with Crippen molar-refractivity contribution in [3.63, 3.8) is 0 Å². The molecule has 0 bridgehead atoms. The fourth-order valence-electron chi connectivity index (χ4n) is 5.89. The van der Waals surface area contributed by atoms with Gasteiger partial charge in [0.15, 0.2) is 0 Å². The Morgan fingerprint density at radius 2 is 1.66 bits per heavy atom. The van der Waals surface area contributed by atoms with E-state index in [0.29, 0.717) is 25.1 Å². The number of piperidine rings is 2. The Hall–Kier alpha value is -1.25. The van der Waals surface area contributed by atoms with Crippen molar-refractivity contribution in [2.75, 3.05) is 78.4 Å². The number of hydroxylamine groups is 2. The molecule has 1 radical (unpaired) electrons. The predicted octanol–water partition coefficient (Wildman–Crippen LogP) is 5.45. The molecule has 1 unspecified atom stereocenters. The first kappa shape index (κ1) is 60.8. The van der Waals surface area contributed by atoms with Gasteiger partial charge in [-0.05, 0) is 94.6 Å². The van der Waals surface area contributed by atoms with Gasteiger partial charge >= 0.3 is 5.97 Å². The van der Waals surface area contributed by atoms with Gasteiger partial charge in [-0.15, -0.1) is 12.4 Å². The molecule has 0 aliphatic carbocycles. The van der Waals surface area contributed by atoms with Crippen molar-refractivity contribution in [3.8, 4) is 0 Å². The number of carbonyl (C=O) groups excluding carboxylic acids is 2. The van der Waals surface area contributed by atoms with Crippen molar-refractivity contribution in [1.82, 2.24) is 20.2 Å². The number of ether oxygens (including phenoxy) is 1. The number of likely N-dealkylation sites (tertiary alicyclic amines) is 1. The Labute approximate surface area is 326 Å². The van der Waals surface area contributed by atoms with Gasteiger partial charge in [0, 0.05) is 57.9 Å². The number of halogens is 1. The van der Waals surface area contributed by atoms with Gasteiger partial charge < -0.3 is 46.2 Å². The molecule has 1 aromatic rings. The number of para-hydroxylation sites is 1. The van der Waals surface area contributed by atoms with Crippen molar-refractivity contribution in [1.29, 1.82) is 0 Å². The molecular formula is C37H80ClN5O6V. The number of nitrogens with zero attached hydrogens (tertiary/aromatic N) is 3. The van der Waals surface area contributed by atoms with Crippen molar-refractivity contribution in [2.45, 2.75) is 100 Å². The summed E-state index contributed by atoms with van der Waals surface area (Å²) in [5.41, 5.74) is 8.06. The first-order valence-electron chi connectivity index (χ1n) is 17.2. The minimum absolute atomic E-state index is 0. The molecule has 13 heteroatoms. The van der Waals surface area contributed by atoms with Gasteiger partial charge in [-0.2, -0.15) is 5.06 Å². The molecule has 2 heterocycles. The number of likely N-dealkylation sites (N-methyl/N-ethyl adjacent to an activating group) is 1. The number of carbonyl (C=O) groups is 2. The van der Waals surface area contributed by atoms with Gasteiger partial charge in [-0.3, -0.25) is 4.79 Å². The van der Waals surface area contributed by atoms with Crippen LogP contribution >= 0.6 is 12.4 Å². The molecule has 0 spiro atoms. The van der Waals surface area contributed by atoms with Crippen LogP contribution in [0.2, 0.25) is 0 Å². The second kappa shape index (κ2) is 39.0. The number of benzene rings is 1. The summed E-state index contributed by atoms with van der Waals surface area (Å²) in [6, 6.07) is 8.65. The minimum atomic E-state index is -0.149. The average molecular weight is 777 g/mol. The van der Waals surface area contributed by atoms with Crippen LogP contribution in [0.25, 0.3) is 0 Å². The van der Waals surface area contributed by atoms with E-state index in [-0.39, 0.29) is 65.3 Å². The minimum Gasteiger partial charge on any atom is -0.464 e. The summed E-state index contributed by atoms with van der Waals surface area (Å²) in [7, 11) is 2.16. The van der Waals surface area contributed by atoms with Gasteiger partial charge in [0.05, 0.1) is 19.8 Å². The van der Waals surface area contributed by atoms with E-state index >= 15 is 0 Å². The van der Waals surface area contributed by atoms with Gasteiger partial charge in [0.25, 0.3) is 0 Å². The summed E-state index contributed by atoms with van der Waals surface area (Å²) in [6.07, 6.45) is 7.85. The van der Waals surface area contributed by atoms with Gasteiger partial charge in [-0.1, -0.05) is 74.1 Å². The number of hydrogen-bond donors (Lipinski definition) is 4. The average Bonchev–Trinajstić information content (AvgIpc) is 3.06. The standard InChI is InChI=1S/C18H36N2O3.C14H23N3O.C2H6.CH2O.2CH4.ClH.H2O.V.H2/c1-4-16(17-6-9-20(10-7-17)11-12-21)5-8-19-13-18(22)23-14-15(2)3;1-16(13-7-10-17(18)11-8-13)9-6-12-4-2-3-5-14(12)15;2*1-2;;;;;;/h15-17,19,21H,4-14H2,1-3H3;2-5,13,18H,6-11,15H2,1H3;1-2H3;1H2;2*1H4;1H;1H2;;1H. The molecule has 1 atom stereocenters. The Kier molecular flexibility index (Phi) is 47.4. The summed E-state index contributed by atoms with van der Waals surface area (Å²) in [5, 5.41) is 23.0. The number of rotatable bonds is 15. The fraction of sp³-hybridized carbons (Fsp3) is 0.784. The van der Waals surface area contributed by atoms with Gasteiger partial charge in [0.1, 0.15) is 6.79 Å². The van der Waals surface area contributed by atoms with E-state index < -0.39 is 0 Å². The van der Waals surface area contributed by atoms with Crippen LogP contribution in [0.5, 0.6) is 0 Å². The molecule has 0 amide bonds. The maximum absolute atomic E-state index is 11.6. The molecule has 11 nitrogen and oxygen atoms in total. The number of nitrogens with one attached hydrogen (secondary N) is 1. The number of nitrogens with two attached hydrogens (primary N) is 1. The third-order valence-electron chi connectivity index (χ3n) is 8.63. The largest absolute Gasteiger partial charge is 0.464 e. The van der Waals surface area contributed by atoms with Crippen LogP contribution in [0.1, 0.15) is 95.0 Å². The second-order valence-corrected chi connectivity index (χ2v) is 12.2. The summed E-state index contributed by atoms with van der Waals surface area (Å²) >= 11 is 0. The summed E-state index contributed by atoms with van der Waals surface area (Å²) in [5.74, 6) is 1.75. The molecule has 50 heavy (non-hydrogen) atoms. The first-order chi connectivity index (χ1) is 21.7. The van der Waals surface area contributed by atoms with E-state index in [2.05, 4.69) is 35.2 Å². The number of aliphatic hydroxyl groups is 1. The fourth-order valence-corrected chi connectivity index (χ4v) is 5.89. The number of nitrogen functional groups attached to an aromatic ring is 1. The van der Waals surface area contributed by atoms with Gasteiger partial charge in [-0.25, -0.2) is 0 Å². The third-order valence-corrected chi connectivity index (χ3v) is 8.63. The zero-order chi connectivity index (χ0) is 34.0. The first-order valence-corrected chi connectivity index (χ1v) is 17.2. The second-order valence-electron chi connectivity index (χ2n) is 12.2. The molecule has 0 aromatic heterocycles. The number of esters is 1. The Morgan fingerprint density at radius 1 is 1.10 bits per heavy atom. The van der Waals surface area contributed by atoms with Crippen LogP contribution in [-0.4, -0.2) is 122 Å². The van der Waals surface area contributed by atoms with Crippen molar-refractivity contribution in [2.24, 2.45) is 17.8 Å². The Morgan fingerprint density at radius 3 is 2.16 bits per heavy atom. The summed E-state index contributed by atoms with van der Waals surface area (Å²) < 4.78 is 5.16. The Balaban J connectivity index is -0.000000127.